The van der Waals surface area contributed by atoms with Crippen molar-refractivity contribution in [3.63, 3.8) is 0 Å². The molecular weight excluding hydrogens is 303 g/mol. The average Bonchev–Trinajstić information content (AvgIpc) is 2.81. The summed E-state index contributed by atoms with van der Waals surface area (Å²) in [5.74, 6) is 0.694. The van der Waals surface area contributed by atoms with Crippen LogP contribution in [-0.4, -0.2) is 21.9 Å². The van der Waals surface area contributed by atoms with Crippen LogP contribution < -0.4 is 10.6 Å². The van der Waals surface area contributed by atoms with Gasteiger partial charge < -0.3 is 10.6 Å². The molecule has 0 aliphatic heterocycles. The van der Waals surface area contributed by atoms with Gasteiger partial charge in [-0.25, -0.2) is 0 Å². The smallest absolute Gasteiger partial charge is 0.171 e. The highest BCUT2D eigenvalue weighted by Gasteiger charge is 2.03. The molecule has 2 rings (SSSR count). The molecule has 0 saturated carbocycles. The quantitative estimate of drug-likeness (QED) is 0.854. The minimum Gasteiger partial charge on any atom is -0.365 e. The fraction of sp³-hybridized carbons (Fsp3) is 0.167. The van der Waals surface area contributed by atoms with Gasteiger partial charge in [-0.1, -0.05) is 29.3 Å². The molecule has 19 heavy (non-hydrogen) atoms. The first-order valence-corrected chi connectivity index (χ1v) is 6.71. The molecule has 0 saturated heterocycles. The molecule has 1 aromatic carbocycles. The fourth-order valence-corrected chi connectivity index (χ4v) is 1.95. The summed E-state index contributed by atoms with van der Waals surface area (Å²) in [5, 5.41) is 11.8. The number of nitrogens with zero attached hydrogens (tertiary/aromatic N) is 2. The van der Waals surface area contributed by atoms with Crippen molar-refractivity contribution in [1.82, 2.24) is 15.1 Å². The predicted molar refractivity (Wildman–Crippen MR) is 83.1 cm³/mol. The Kier molecular flexibility index (Phi) is 4.63. The molecule has 0 fully saturated rings. The van der Waals surface area contributed by atoms with Crippen LogP contribution in [0.2, 0.25) is 10.0 Å². The Morgan fingerprint density at radius 1 is 1.32 bits per heavy atom. The van der Waals surface area contributed by atoms with Gasteiger partial charge >= 0.3 is 0 Å². The van der Waals surface area contributed by atoms with E-state index in [1.165, 1.54) is 0 Å². The van der Waals surface area contributed by atoms with E-state index in [0.29, 0.717) is 27.5 Å². The van der Waals surface area contributed by atoms with Crippen molar-refractivity contribution in [3.8, 4) is 0 Å². The first-order chi connectivity index (χ1) is 9.08. The Balaban J connectivity index is 2.07. The molecule has 0 aliphatic carbocycles. The number of halogens is 2. The van der Waals surface area contributed by atoms with Crippen LogP contribution in [0.1, 0.15) is 5.56 Å². The third-order valence-corrected chi connectivity index (χ3v) is 3.48. The predicted octanol–water partition coefficient (Wildman–Crippen LogP) is 3.15. The largest absolute Gasteiger partial charge is 0.365 e. The van der Waals surface area contributed by atoms with Gasteiger partial charge in [-0.3, -0.25) is 4.68 Å². The summed E-state index contributed by atoms with van der Waals surface area (Å²) in [6.45, 7) is 0.616. The second-order valence-corrected chi connectivity index (χ2v) is 5.07. The van der Waals surface area contributed by atoms with Crippen LogP contribution in [-0.2, 0) is 6.54 Å². The molecule has 2 N–H and O–H groups in total. The first-order valence-electron chi connectivity index (χ1n) is 5.54. The zero-order valence-corrected chi connectivity index (χ0v) is 12.5. The van der Waals surface area contributed by atoms with Crippen LogP contribution in [0.5, 0.6) is 0 Å². The summed E-state index contributed by atoms with van der Waals surface area (Å²) < 4.78 is 1.79. The van der Waals surface area contributed by atoms with Gasteiger partial charge in [0.25, 0.3) is 0 Å². The summed E-state index contributed by atoms with van der Waals surface area (Å²) >= 11 is 16.9. The second-order valence-electron chi connectivity index (χ2n) is 3.85. The number of benzene rings is 1. The molecule has 0 unspecified atom stereocenters. The fourth-order valence-electron chi connectivity index (χ4n) is 1.52. The van der Waals surface area contributed by atoms with E-state index in [0.717, 1.165) is 5.56 Å². The standard InChI is InChI=1S/C12H12Cl2N4S/c1-15-12(19)16-11-4-5-18(17-11)7-8-2-3-9(13)10(14)6-8/h2-6H,7H2,1H3,(H2,15,16,17,19). The minimum absolute atomic E-state index is 0.528. The number of nitrogens with one attached hydrogen (secondary N) is 2. The molecule has 2 aromatic rings. The molecule has 0 aliphatic rings. The second kappa shape index (κ2) is 6.23. The molecule has 0 bridgehead atoms. The van der Waals surface area contributed by atoms with Crippen molar-refractivity contribution in [1.29, 1.82) is 0 Å². The molecule has 1 aromatic heterocycles. The lowest BCUT2D eigenvalue weighted by molar-refractivity contribution is 0.690. The van der Waals surface area contributed by atoms with Crippen LogP contribution in [0.4, 0.5) is 5.82 Å². The number of hydrogen-bond acceptors (Lipinski definition) is 2. The van der Waals surface area contributed by atoms with Crippen molar-refractivity contribution in [2.75, 3.05) is 12.4 Å². The number of anilines is 1. The highest BCUT2D eigenvalue weighted by atomic mass is 35.5. The van der Waals surface area contributed by atoms with E-state index in [2.05, 4.69) is 15.7 Å². The van der Waals surface area contributed by atoms with Gasteiger partial charge in [-0.2, -0.15) is 5.10 Å². The van der Waals surface area contributed by atoms with E-state index < -0.39 is 0 Å². The topological polar surface area (TPSA) is 41.9 Å². The number of rotatable bonds is 3. The number of hydrogen-bond donors (Lipinski definition) is 2. The zero-order valence-electron chi connectivity index (χ0n) is 10.2. The Hall–Kier alpha value is -1.30. The maximum Gasteiger partial charge on any atom is 0.171 e. The van der Waals surface area contributed by atoms with Crippen molar-refractivity contribution in [2.45, 2.75) is 6.54 Å². The van der Waals surface area contributed by atoms with Gasteiger partial charge in [0, 0.05) is 19.3 Å². The van der Waals surface area contributed by atoms with Crippen molar-refractivity contribution >= 4 is 46.4 Å². The Morgan fingerprint density at radius 2 is 2.11 bits per heavy atom. The van der Waals surface area contributed by atoms with Gasteiger partial charge in [0.1, 0.15) is 0 Å². The summed E-state index contributed by atoms with van der Waals surface area (Å²) in [6.07, 6.45) is 1.86. The van der Waals surface area contributed by atoms with Gasteiger partial charge in [-0.15, -0.1) is 0 Å². The Bertz CT molecular complexity index is 597. The third-order valence-electron chi connectivity index (χ3n) is 2.44. The summed E-state index contributed by atoms with van der Waals surface area (Å²) in [4.78, 5) is 0. The molecule has 1 heterocycles. The summed E-state index contributed by atoms with van der Waals surface area (Å²) in [7, 11) is 1.75. The van der Waals surface area contributed by atoms with Crippen LogP contribution in [0.25, 0.3) is 0 Å². The van der Waals surface area contributed by atoms with E-state index in [1.807, 2.05) is 24.4 Å². The highest BCUT2D eigenvalue weighted by Crippen LogP contribution is 2.23. The molecule has 0 atom stereocenters. The molecule has 0 spiro atoms. The van der Waals surface area contributed by atoms with Gasteiger partial charge in [0.2, 0.25) is 0 Å². The van der Waals surface area contributed by atoms with Crippen LogP contribution in [0, 0.1) is 0 Å². The molecule has 100 valence electrons. The monoisotopic (exact) mass is 314 g/mol. The van der Waals surface area contributed by atoms with Gasteiger partial charge in [-0.05, 0) is 29.9 Å². The van der Waals surface area contributed by atoms with E-state index in [4.69, 9.17) is 35.4 Å². The van der Waals surface area contributed by atoms with Crippen molar-refractivity contribution in [2.24, 2.45) is 0 Å². The lowest BCUT2D eigenvalue weighted by Gasteiger charge is -2.05. The summed E-state index contributed by atoms with van der Waals surface area (Å²) in [5.41, 5.74) is 1.03. The molecule has 0 radical (unpaired) electrons. The van der Waals surface area contributed by atoms with E-state index >= 15 is 0 Å². The maximum absolute atomic E-state index is 5.97. The van der Waals surface area contributed by atoms with Gasteiger partial charge in [0.05, 0.1) is 16.6 Å². The molecular formula is C12H12Cl2N4S. The number of thiocarbonyl (C=S) groups is 1. The molecule has 7 heteroatoms. The van der Waals surface area contributed by atoms with Crippen LogP contribution in [0.3, 0.4) is 0 Å². The normalized spacial score (nSPS) is 10.3. The minimum atomic E-state index is 0.528. The van der Waals surface area contributed by atoms with E-state index in [9.17, 15) is 0 Å². The van der Waals surface area contributed by atoms with E-state index in [-0.39, 0.29) is 0 Å². The summed E-state index contributed by atoms with van der Waals surface area (Å²) in [6, 6.07) is 7.37. The van der Waals surface area contributed by atoms with Gasteiger partial charge in [0.15, 0.2) is 10.9 Å². The molecule has 0 amide bonds. The zero-order chi connectivity index (χ0) is 13.8. The lowest BCUT2D eigenvalue weighted by atomic mass is 10.2. The van der Waals surface area contributed by atoms with Crippen LogP contribution in [0.15, 0.2) is 30.5 Å². The van der Waals surface area contributed by atoms with Crippen molar-refractivity contribution in [3.05, 3.63) is 46.1 Å². The van der Waals surface area contributed by atoms with E-state index in [1.54, 1.807) is 17.8 Å². The van der Waals surface area contributed by atoms with Crippen LogP contribution >= 0.6 is 35.4 Å². The number of aromatic nitrogens is 2. The third kappa shape index (κ3) is 3.83. The Morgan fingerprint density at radius 3 is 2.79 bits per heavy atom. The SMILES string of the molecule is CNC(=S)Nc1ccn(Cc2ccc(Cl)c(Cl)c2)n1. The first kappa shape index (κ1) is 14.1. The maximum atomic E-state index is 5.97. The molecule has 4 nitrogen and oxygen atoms in total. The lowest BCUT2D eigenvalue weighted by Crippen LogP contribution is -2.24. The van der Waals surface area contributed by atoms with Crippen molar-refractivity contribution < 1.29 is 0 Å². The Labute approximate surface area is 126 Å². The average molecular weight is 315 g/mol. The highest BCUT2D eigenvalue weighted by molar-refractivity contribution is 7.80.